The van der Waals surface area contributed by atoms with Gasteiger partial charge in [-0.05, 0) is 37.7 Å². The van der Waals surface area contributed by atoms with Crippen LogP contribution in [0.15, 0.2) is 30.3 Å². The van der Waals surface area contributed by atoms with E-state index in [0.29, 0.717) is 12.2 Å². The molecule has 21 heavy (non-hydrogen) atoms. The summed E-state index contributed by atoms with van der Waals surface area (Å²) in [6.07, 6.45) is 1.69. The molecule has 0 aromatic heterocycles. The van der Waals surface area contributed by atoms with Crippen LogP contribution in [0.1, 0.15) is 46.1 Å². The zero-order valence-corrected chi connectivity index (χ0v) is 14.3. The zero-order valence-electron chi connectivity index (χ0n) is 13.5. The molecule has 1 aliphatic rings. The molecule has 0 radical (unpaired) electrons. The van der Waals surface area contributed by atoms with Gasteiger partial charge in [-0.15, -0.1) is 0 Å². The Hall–Kier alpha value is -0.870. The van der Waals surface area contributed by atoms with Crippen molar-refractivity contribution in [2.75, 3.05) is 11.5 Å². The van der Waals surface area contributed by atoms with Crippen molar-refractivity contribution in [2.24, 2.45) is 0 Å². The molecule has 4 heteroatoms. The molecule has 0 amide bonds. The number of sulfone groups is 1. The van der Waals surface area contributed by atoms with E-state index in [1.165, 1.54) is 5.56 Å². The second kappa shape index (κ2) is 5.73. The van der Waals surface area contributed by atoms with Gasteiger partial charge in [0.2, 0.25) is 0 Å². The zero-order chi connectivity index (χ0) is 15.7. The van der Waals surface area contributed by atoms with Gasteiger partial charge in [0, 0.05) is 11.6 Å². The smallest absolute Gasteiger partial charge is 0.152 e. The first-order chi connectivity index (χ1) is 9.62. The summed E-state index contributed by atoms with van der Waals surface area (Å²) in [6.45, 7) is 8.67. The number of hydrogen-bond acceptors (Lipinski definition) is 3. The van der Waals surface area contributed by atoms with Crippen molar-refractivity contribution in [3.05, 3.63) is 35.9 Å². The van der Waals surface area contributed by atoms with E-state index in [4.69, 9.17) is 0 Å². The first-order valence-electron chi connectivity index (χ1n) is 7.66. The topological polar surface area (TPSA) is 46.2 Å². The summed E-state index contributed by atoms with van der Waals surface area (Å²) >= 11 is 0. The van der Waals surface area contributed by atoms with E-state index >= 15 is 0 Å². The van der Waals surface area contributed by atoms with Gasteiger partial charge in [-0.3, -0.25) is 0 Å². The monoisotopic (exact) mass is 309 g/mol. The SMILES string of the molecule is CC(CC(C)(C)c1ccccc1)NC1(C)CCS(=O)(=O)C1. The van der Waals surface area contributed by atoms with Gasteiger partial charge in [-0.25, -0.2) is 8.42 Å². The average molecular weight is 309 g/mol. The Labute approximate surface area is 129 Å². The molecule has 1 fully saturated rings. The van der Waals surface area contributed by atoms with E-state index in [0.717, 1.165) is 6.42 Å². The molecule has 1 heterocycles. The minimum Gasteiger partial charge on any atom is -0.308 e. The Bertz CT molecular complexity index is 580. The summed E-state index contributed by atoms with van der Waals surface area (Å²) in [5, 5.41) is 3.56. The largest absolute Gasteiger partial charge is 0.308 e. The third-order valence-corrected chi connectivity index (χ3v) is 6.37. The summed E-state index contributed by atoms with van der Waals surface area (Å²) < 4.78 is 23.4. The van der Waals surface area contributed by atoms with E-state index in [-0.39, 0.29) is 22.7 Å². The Morgan fingerprint density at radius 3 is 2.43 bits per heavy atom. The molecule has 1 N–H and O–H groups in total. The lowest BCUT2D eigenvalue weighted by Crippen LogP contribution is -2.49. The maximum absolute atomic E-state index is 11.7. The molecular formula is C17H27NO2S. The minimum absolute atomic E-state index is 0.0709. The van der Waals surface area contributed by atoms with Crippen LogP contribution in [0.3, 0.4) is 0 Å². The van der Waals surface area contributed by atoms with Crippen LogP contribution in [-0.4, -0.2) is 31.5 Å². The maximum atomic E-state index is 11.7. The van der Waals surface area contributed by atoms with E-state index < -0.39 is 9.84 Å². The van der Waals surface area contributed by atoms with Crippen molar-refractivity contribution in [3.8, 4) is 0 Å². The molecular weight excluding hydrogens is 282 g/mol. The molecule has 0 aliphatic carbocycles. The summed E-state index contributed by atoms with van der Waals surface area (Å²) in [7, 11) is -2.86. The Morgan fingerprint density at radius 1 is 1.29 bits per heavy atom. The van der Waals surface area contributed by atoms with Gasteiger partial charge in [0.15, 0.2) is 9.84 Å². The second-order valence-electron chi connectivity index (χ2n) is 7.40. The lowest BCUT2D eigenvalue weighted by Gasteiger charge is -2.34. The third-order valence-electron chi connectivity index (χ3n) is 4.47. The fourth-order valence-electron chi connectivity index (χ4n) is 3.54. The van der Waals surface area contributed by atoms with Crippen LogP contribution in [0.5, 0.6) is 0 Å². The normalized spacial score (nSPS) is 26.7. The third kappa shape index (κ3) is 4.30. The van der Waals surface area contributed by atoms with Gasteiger partial charge < -0.3 is 5.32 Å². The quantitative estimate of drug-likeness (QED) is 0.909. The fourth-order valence-corrected chi connectivity index (χ4v) is 5.65. The summed E-state index contributed by atoms with van der Waals surface area (Å²) in [6, 6.07) is 10.8. The molecule has 2 atom stereocenters. The van der Waals surface area contributed by atoms with Crippen LogP contribution in [0.25, 0.3) is 0 Å². The standard InChI is InChI=1S/C17H27NO2S/c1-14(18-17(4)10-11-21(19,20)13-17)12-16(2,3)15-8-6-5-7-9-15/h5-9,14,18H,10-13H2,1-4H3. The van der Waals surface area contributed by atoms with E-state index in [2.05, 4.69) is 50.4 Å². The Morgan fingerprint density at radius 2 is 1.90 bits per heavy atom. The molecule has 0 bridgehead atoms. The molecule has 1 aromatic rings. The number of benzene rings is 1. The molecule has 118 valence electrons. The molecule has 1 saturated heterocycles. The molecule has 0 spiro atoms. The molecule has 2 rings (SSSR count). The summed E-state index contributed by atoms with van der Waals surface area (Å²) in [4.78, 5) is 0. The van der Waals surface area contributed by atoms with E-state index in [9.17, 15) is 8.42 Å². The summed E-state index contributed by atoms with van der Waals surface area (Å²) in [5.41, 5.74) is 1.12. The predicted molar refractivity (Wildman–Crippen MR) is 88.4 cm³/mol. The first kappa shape index (κ1) is 16.5. The van der Waals surface area contributed by atoms with Gasteiger partial charge in [0.25, 0.3) is 0 Å². The van der Waals surface area contributed by atoms with Gasteiger partial charge in [-0.1, -0.05) is 44.2 Å². The average Bonchev–Trinajstić information content (AvgIpc) is 2.63. The Balaban J connectivity index is 2.00. The van der Waals surface area contributed by atoms with Crippen molar-refractivity contribution in [1.82, 2.24) is 5.32 Å². The summed E-state index contributed by atoms with van der Waals surface area (Å²) in [5.74, 6) is 0.571. The van der Waals surface area contributed by atoms with Crippen molar-refractivity contribution < 1.29 is 8.42 Å². The van der Waals surface area contributed by atoms with Crippen LogP contribution in [-0.2, 0) is 15.3 Å². The van der Waals surface area contributed by atoms with Crippen LogP contribution < -0.4 is 5.32 Å². The highest BCUT2D eigenvalue weighted by Gasteiger charge is 2.39. The van der Waals surface area contributed by atoms with E-state index in [1.54, 1.807) is 0 Å². The highest BCUT2D eigenvalue weighted by Crippen LogP contribution is 2.30. The first-order valence-corrected chi connectivity index (χ1v) is 9.48. The van der Waals surface area contributed by atoms with Gasteiger partial charge in [0.1, 0.15) is 0 Å². The molecule has 1 aliphatic heterocycles. The van der Waals surface area contributed by atoms with E-state index in [1.807, 2.05) is 13.0 Å². The maximum Gasteiger partial charge on any atom is 0.152 e. The highest BCUT2D eigenvalue weighted by molar-refractivity contribution is 7.91. The predicted octanol–water partition coefficient (Wildman–Crippen LogP) is 2.91. The molecule has 2 unspecified atom stereocenters. The van der Waals surface area contributed by atoms with Crippen molar-refractivity contribution in [2.45, 2.75) is 57.5 Å². The van der Waals surface area contributed by atoms with Gasteiger partial charge in [0.05, 0.1) is 11.5 Å². The van der Waals surface area contributed by atoms with Crippen LogP contribution in [0.4, 0.5) is 0 Å². The van der Waals surface area contributed by atoms with Gasteiger partial charge >= 0.3 is 0 Å². The van der Waals surface area contributed by atoms with Crippen molar-refractivity contribution in [1.29, 1.82) is 0 Å². The number of hydrogen-bond donors (Lipinski definition) is 1. The second-order valence-corrected chi connectivity index (χ2v) is 9.59. The van der Waals surface area contributed by atoms with Crippen LogP contribution in [0, 0.1) is 0 Å². The minimum atomic E-state index is -2.86. The lowest BCUT2D eigenvalue weighted by atomic mass is 9.79. The highest BCUT2D eigenvalue weighted by atomic mass is 32.2. The molecule has 0 saturated carbocycles. The van der Waals surface area contributed by atoms with Crippen LogP contribution in [0.2, 0.25) is 0 Å². The number of nitrogens with one attached hydrogen (secondary N) is 1. The Kier molecular flexibility index (Phi) is 4.50. The van der Waals surface area contributed by atoms with Gasteiger partial charge in [-0.2, -0.15) is 0 Å². The molecule has 1 aromatic carbocycles. The van der Waals surface area contributed by atoms with Crippen molar-refractivity contribution >= 4 is 9.84 Å². The fraction of sp³-hybridized carbons (Fsp3) is 0.647. The molecule has 3 nitrogen and oxygen atoms in total. The van der Waals surface area contributed by atoms with Crippen LogP contribution >= 0.6 is 0 Å². The lowest BCUT2D eigenvalue weighted by molar-refractivity contribution is 0.303. The number of rotatable bonds is 5. The van der Waals surface area contributed by atoms with Crippen molar-refractivity contribution in [3.63, 3.8) is 0 Å².